The van der Waals surface area contributed by atoms with Crippen LogP contribution in [0.4, 0.5) is 0 Å². The molecule has 2 N–H and O–H groups in total. The van der Waals surface area contributed by atoms with Gasteiger partial charge in [-0.25, -0.2) is 9.99 Å². The number of nitrogens with zero attached hydrogens (tertiary/aromatic N) is 4. The Bertz CT molecular complexity index is 663. The van der Waals surface area contributed by atoms with Crippen molar-refractivity contribution in [3.8, 4) is 0 Å². The lowest BCUT2D eigenvalue weighted by Gasteiger charge is -2.19. The Kier molecular flexibility index (Phi) is 3.65. The van der Waals surface area contributed by atoms with E-state index < -0.39 is 0 Å². The van der Waals surface area contributed by atoms with Crippen molar-refractivity contribution >= 4 is 11.6 Å². The zero-order valence-electron chi connectivity index (χ0n) is 12.5. The van der Waals surface area contributed by atoms with Gasteiger partial charge >= 0.3 is 0 Å². The Balaban J connectivity index is 1.71. The highest BCUT2D eigenvalue weighted by atomic mass is 16.2. The van der Waals surface area contributed by atoms with Crippen LogP contribution in [0, 0.1) is 6.92 Å². The predicted molar refractivity (Wildman–Crippen MR) is 80.6 cm³/mol. The number of amides is 1. The average Bonchev–Trinajstić information content (AvgIpc) is 3.05. The van der Waals surface area contributed by atoms with E-state index in [2.05, 4.69) is 4.98 Å². The smallest absolute Gasteiger partial charge is 0.228 e. The normalized spacial score (nSPS) is 18.9. The van der Waals surface area contributed by atoms with Crippen molar-refractivity contribution in [3.63, 3.8) is 0 Å². The van der Waals surface area contributed by atoms with E-state index in [0.717, 1.165) is 30.0 Å². The van der Waals surface area contributed by atoms with Gasteiger partial charge in [0.1, 0.15) is 5.65 Å². The summed E-state index contributed by atoms with van der Waals surface area (Å²) in [7, 11) is 1.85. The fourth-order valence-corrected chi connectivity index (χ4v) is 2.85. The molecule has 1 aliphatic rings. The number of hydrazine groups is 1. The van der Waals surface area contributed by atoms with Crippen LogP contribution in [0.1, 0.15) is 17.8 Å². The summed E-state index contributed by atoms with van der Waals surface area (Å²) < 4.78 is 2.02. The quantitative estimate of drug-likeness (QED) is 0.663. The molecule has 2 aromatic heterocycles. The van der Waals surface area contributed by atoms with Gasteiger partial charge in [-0.2, -0.15) is 0 Å². The summed E-state index contributed by atoms with van der Waals surface area (Å²) in [6.45, 7) is 3.51. The number of imidazole rings is 1. The highest BCUT2D eigenvalue weighted by molar-refractivity contribution is 5.78. The van der Waals surface area contributed by atoms with Crippen molar-refractivity contribution < 1.29 is 4.79 Å². The van der Waals surface area contributed by atoms with E-state index in [9.17, 15) is 4.79 Å². The fourth-order valence-electron chi connectivity index (χ4n) is 2.85. The van der Waals surface area contributed by atoms with E-state index in [1.54, 1.807) is 5.01 Å². The molecule has 1 saturated heterocycles. The maximum Gasteiger partial charge on any atom is 0.228 e. The molecular formula is C15H21N5O. The van der Waals surface area contributed by atoms with Gasteiger partial charge in [0.25, 0.3) is 0 Å². The lowest BCUT2D eigenvalue weighted by Crippen LogP contribution is -2.40. The number of likely N-dealkylation sites (tertiary alicyclic amines) is 1. The maximum absolute atomic E-state index is 12.4. The third-order valence-electron chi connectivity index (χ3n) is 4.17. The lowest BCUT2D eigenvalue weighted by atomic mass is 10.2. The van der Waals surface area contributed by atoms with E-state index >= 15 is 0 Å². The van der Waals surface area contributed by atoms with Gasteiger partial charge in [0, 0.05) is 38.1 Å². The molecule has 21 heavy (non-hydrogen) atoms. The van der Waals surface area contributed by atoms with E-state index in [1.807, 2.05) is 47.7 Å². The number of fused-ring (bicyclic) bond motifs is 1. The second kappa shape index (κ2) is 5.46. The summed E-state index contributed by atoms with van der Waals surface area (Å²) in [4.78, 5) is 18.8. The first kappa shape index (κ1) is 14.0. The Morgan fingerprint density at radius 2 is 2.33 bits per heavy atom. The molecule has 1 atom stereocenters. The van der Waals surface area contributed by atoms with E-state index in [0.29, 0.717) is 13.0 Å². The largest absolute Gasteiger partial charge is 0.341 e. The van der Waals surface area contributed by atoms with Crippen LogP contribution in [0.15, 0.2) is 24.4 Å². The summed E-state index contributed by atoms with van der Waals surface area (Å²) in [5.74, 6) is 5.89. The standard InChI is InChI=1S/C15H21N5O/c1-11-4-3-5-14-17-12(9-20(11)14)8-15(21)19-7-6-13(10-19)18(2)16/h3-5,9,13H,6-8,10,16H2,1-2H3. The summed E-state index contributed by atoms with van der Waals surface area (Å²) in [6.07, 6.45) is 3.23. The number of nitrogens with two attached hydrogens (primary N) is 1. The lowest BCUT2D eigenvalue weighted by molar-refractivity contribution is -0.129. The highest BCUT2D eigenvalue weighted by Gasteiger charge is 2.28. The Morgan fingerprint density at radius 1 is 1.52 bits per heavy atom. The molecule has 3 rings (SSSR count). The number of carbonyl (C=O) groups is 1. The van der Waals surface area contributed by atoms with Gasteiger partial charge in [-0.05, 0) is 25.5 Å². The molecule has 2 aromatic rings. The minimum Gasteiger partial charge on any atom is -0.341 e. The SMILES string of the molecule is Cc1cccc2nc(CC(=O)N3CCC(N(C)N)C3)cn12. The molecule has 1 fully saturated rings. The third-order valence-corrected chi connectivity index (χ3v) is 4.17. The molecule has 112 valence electrons. The molecule has 6 nitrogen and oxygen atoms in total. The molecule has 3 heterocycles. The summed E-state index contributed by atoms with van der Waals surface area (Å²) >= 11 is 0. The number of likely N-dealkylation sites (N-methyl/N-ethyl adjacent to an activating group) is 1. The van der Waals surface area contributed by atoms with Crippen LogP contribution in [0.2, 0.25) is 0 Å². The third kappa shape index (κ3) is 2.77. The van der Waals surface area contributed by atoms with E-state index in [4.69, 9.17) is 5.84 Å². The summed E-state index contributed by atoms with van der Waals surface area (Å²) in [5, 5.41) is 1.70. The van der Waals surface area contributed by atoms with Gasteiger partial charge in [0.15, 0.2) is 0 Å². The molecule has 1 aliphatic heterocycles. The Labute approximate surface area is 124 Å². The minimum atomic E-state index is 0.125. The average molecular weight is 287 g/mol. The fraction of sp³-hybridized carbons (Fsp3) is 0.467. The molecule has 0 radical (unpaired) electrons. The van der Waals surface area contributed by atoms with Crippen molar-refractivity contribution in [3.05, 3.63) is 35.8 Å². The Hall–Kier alpha value is -1.92. The van der Waals surface area contributed by atoms with Gasteiger partial charge < -0.3 is 9.30 Å². The summed E-state index contributed by atoms with van der Waals surface area (Å²) in [5.41, 5.74) is 2.82. The number of hydrogen-bond donors (Lipinski definition) is 1. The number of rotatable bonds is 3. The van der Waals surface area contributed by atoms with Gasteiger partial charge in [0.05, 0.1) is 12.1 Å². The maximum atomic E-state index is 12.4. The number of hydrogen-bond acceptors (Lipinski definition) is 4. The van der Waals surface area contributed by atoms with Crippen LogP contribution in [-0.2, 0) is 11.2 Å². The molecular weight excluding hydrogens is 266 g/mol. The first-order valence-corrected chi connectivity index (χ1v) is 7.23. The second-order valence-corrected chi connectivity index (χ2v) is 5.75. The van der Waals surface area contributed by atoms with Crippen molar-refractivity contribution in [2.75, 3.05) is 20.1 Å². The number of aryl methyl sites for hydroxylation is 1. The molecule has 0 saturated carbocycles. The van der Waals surface area contributed by atoms with Crippen molar-refractivity contribution in [2.24, 2.45) is 5.84 Å². The number of pyridine rings is 1. The van der Waals surface area contributed by atoms with Crippen molar-refractivity contribution in [1.29, 1.82) is 0 Å². The molecule has 1 unspecified atom stereocenters. The first-order chi connectivity index (χ1) is 10.0. The van der Waals surface area contributed by atoms with Crippen LogP contribution < -0.4 is 5.84 Å². The predicted octanol–water partition coefficient (Wildman–Crippen LogP) is 0.592. The van der Waals surface area contributed by atoms with E-state index in [1.165, 1.54) is 0 Å². The van der Waals surface area contributed by atoms with Crippen LogP contribution >= 0.6 is 0 Å². The van der Waals surface area contributed by atoms with Crippen LogP contribution in [0.5, 0.6) is 0 Å². The molecule has 1 amide bonds. The molecule has 0 spiro atoms. The van der Waals surface area contributed by atoms with Crippen molar-refractivity contribution in [1.82, 2.24) is 19.3 Å². The van der Waals surface area contributed by atoms with E-state index in [-0.39, 0.29) is 11.9 Å². The zero-order chi connectivity index (χ0) is 15.0. The van der Waals surface area contributed by atoms with Crippen LogP contribution in [-0.4, -0.2) is 51.4 Å². The van der Waals surface area contributed by atoms with Crippen LogP contribution in [0.3, 0.4) is 0 Å². The van der Waals surface area contributed by atoms with Gasteiger partial charge in [-0.1, -0.05) is 6.07 Å². The van der Waals surface area contributed by atoms with Gasteiger partial charge in [-0.15, -0.1) is 0 Å². The number of carbonyl (C=O) groups excluding carboxylic acids is 1. The van der Waals surface area contributed by atoms with Crippen molar-refractivity contribution in [2.45, 2.75) is 25.8 Å². The monoisotopic (exact) mass is 287 g/mol. The first-order valence-electron chi connectivity index (χ1n) is 7.23. The molecule has 6 heteroatoms. The molecule has 0 bridgehead atoms. The van der Waals surface area contributed by atoms with Crippen LogP contribution in [0.25, 0.3) is 5.65 Å². The molecule has 0 aliphatic carbocycles. The van der Waals surface area contributed by atoms with Gasteiger partial charge in [-0.3, -0.25) is 10.6 Å². The molecule has 0 aromatic carbocycles. The minimum absolute atomic E-state index is 0.125. The number of aromatic nitrogens is 2. The topological polar surface area (TPSA) is 66.9 Å². The highest BCUT2D eigenvalue weighted by Crippen LogP contribution is 2.15. The Morgan fingerprint density at radius 3 is 3.00 bits per heavy atom. The zero-order valence-corrected chi connectivity index (χ0v) is 12.5. The summed E-state index contributed by atoms with van der Waals surface area (Å²) in [6, 6.07) is 6.22. The second-order valence-electron chi connectivity index (χ2n) is 5.75. The van der Waals surface area contributed by atoms with Gasteiger partial charge in [0.2, 0.25) is 5.91 Å².